The van der Waals surface area contributed by atoms with Crippen LogP contribution in [0.1, 0.15) is 30.1 Å². The van der Waals surface area contributed by atoms with Gasteiger partial charge in [0.25, 0.3) is 11.5 Å². The van der Waals surface area contributed by atoms with E-state index in [0.717, 1.165) is 37.2 Å². The quantitative estimate of drug-likeness (QED) is 0.633. The average Bonchev–Trinajstić information content (AvgIpc) is 3.39. The highest BCUT2D eigenvalue weighted by molar-refractivity contribution is 6.34. The third kappa shape index (κ3) is 3.24. The van der Waals surface area contributed by atoms with Crippen molar-refractivity contribution in [1.82, 2.24) is 18.9 Å². The fraction of sp³-hybridized carbons (Fsp3) is 0.286. The highest BCUT2D eigenvalue weighted by atomic mass is 35.5. The smallest absolute Gasteiger partial charge is 0.276 e. The molecule has 1 aromatic carbocycles. The van der Waals surface area contributed by atoms with Crippen LogP contribution in [0, 0.1) is 0 Å². The average molecular weight is 397 g/mol. The van der Waals surface area contributed by atoms with E-state index in [-0.39, 0.29) is 11.5 Å². The van der Waals surface area contributed by atoms with Gasteiger partial charge in [-0.05, 0) is 31.9 Å². The van der Waals surface area contributed by atoms with Crippen LogP contribution in [0.5, 0.6) is 0 Å². The molecule has 2 aromatic heterocycles. The van der Waals surface area contributed by atoms with E-state index >= 15 is 0 Å². The predicted octanol–water partition coefficient (Wildman–Crippen LogP) is 3.63. The zero-order valence-corrected chi connectivity index (χ0v) is 16.4. The van der Waals surface area contributed by atoms with E-state index in [9.17, 15) is 9.59 Å². The van der Waals surface area contributed by atoms with Crippen LogP contribution in [0.25, 0.3) is 16.8 Å². The molecule has 1 aliphatic rings. The molecule has 3 aromatic rings. The van der Waals surface area contributed by atoms with E-state index in [4.69, 9.17) is 11.6 Å². The van der Waals surface area contributed by atoms with Gasteiger partial charge in [-0.15, -0.1) is 0 Å². The van der Waals surface area contributed by atoms with Crippen molar-refractivity contribution < 1.29 is 4.79 Å². The van der Waals surface area contributed by atoms with Gasteiger partial charge in [0, 0.05) is 31.4 Å². The fourth-order valence-electron chi connectivity index (χ4n) is 3.57. The molecule has 144 valence electrons. The Kier molecular flexibility index (Phi) is 5.05. The minimum Gasteiger partial charge on any atom is -0.339 e. The van der Waals surface area contributed by atoms with Gasteiger partial charge < -0.3 is 9.47 Å². The van der Waals surface area contributed by atoms with Gasteiger partial charge >= 0.3 is 0 Å². The van der Waals surface area contributed by atoms with Crippen LogP contribution in [0.3, 0.4) is 0 Å². The number of carbonyl (C=O) groups is 1. The van der Waals surface area contributed by atoms with Crippen LogP contribution >= 0.6 is 11.6 Å². The van der Waals surface area contributed by atoms with Crippen LogP contribution in [-0.2, 0) is 6.54 Å². The van der Waals surface area contributed by atoms with Crippen LogP contribution in [0.2, 0.25) is 5.02 Å². The molecule has 0 N–H and O–H groups in total. The monoisotopic (exact) mass is 396 g/mol. The van der Waals surface area contributed by atoms with Crippen molar-refractivity contribution in [2.24, 2.45) is 0 Å². The number of allylic oxidation sites excluding steroid dienone is 2. The lowest BCUT2D eigenvalue weighted by Crippen LogP contribution is -2.27. The van der Waals surface area contributed by atoms with Gasteiger partial charge in [0.2, 0.25) is 0 Å². The number of hydrogen-bond donors (Lipinski definition) is 0. The van der Waals surface area contributed by atoms with Crippen LogP contribution in [0.4, 0.5) is 0 Å². The van der Waals surface area contributed by atoms with Gasteiger partial charge in [0.15, 0.2) is 0 Å². The number of amides is 1. The highest BCUT2D eigenvalue weighted by Gasteiger charge is 2.22. The summed E-state index contributed by atoms with van der Waals surface area (Å²) in [5, 5.41) is 0.411. The van der Waals surface area contributed by atoms with Crippen molar-refractivity contribution in [3.8, 4) is 11.3 Å². The Hall–Kier alpha value is -2.86. The molecular formula is C21H21ClN4O2. The lowest BCUT2D eigenvalue weighted by molar-refractivity contribution is 0.0793. The Bertz CT molecular complexity index is 1120. The van der Waals surface area contributed by atoms with Crippen LogP contribution in [0.15, 0.2) is 53.9 Å². The third-order valence-corrected chi connectivity index (χ3v) is 5.40. The van der Waals surface area contributed by atoms with Crippen molar-refractivity contribution in [3.05, 3.63) is 70.0 Å². The maximum absolute atomic E-state index is 12.7. The molecule has 0 aliphatic carbocycles. The van der Waals surface area contributed by atoms with E-state index in [1.807, 2.05) is 30.0 Å². The lowest BCUT2D eigenvalue weighted by Gasteiger charge is -2.17. The van der Waals surface area contributed by atoms with Crippen molar-refractivity contribution >= 4 is 23.0 Å². The van der Waals surface area contributed by atoms with Gasteiger partial charge in [-0.1, -0.05) is 29.8 Å². The van der Waals surface area contributed by atoms with Crippen molar-refractivity contribution in [2.45, 2.75) is 26.3 Å². The zero-order valence-electron chi connectivity index (χ0n) is 15.6. The van der Waals surface area contributed by atoms with E-state index < -0.39 is 0 Å². The largest absolute Gasteiger partial charge is 0.339 e. The molecule has 1 fully saturated rings. The molecule has 3 heterocycles. The molecule has 4 rings (SSSR count). The van der Waals surface area contributed by atoms with Gasteiger partial charge in [0.05, 0.1) is 28.8 Å². The lowest BCUT2D eigenvalue weighted by atomic mass is 10.1. The van der Waals surface area contributed by atoms with Crippen molar-refractivity contribution in [2.75, 3.05) is 13.1 Å². The molecular weight excluding hydrogens is 376 g/mol. The zero-order chi connectivity index (χ0) is 19.7. The number of likely N-dealkylation sites (tertiary alicyclic amines) is 1. The maximum Gasteiger partial charge on any atom is 0.276 e. The maximum atomic E-state index is 12.7. The molecule has 1 saturated heterocycles. The van der Waals surface area contributed by atoms with Gasteiger partial charge in [-0.25, -0.2) is 4.98 Å². The molecule has 0 spiro atoms. The van der Waals surface area contributed by atoms with Gasteiger partial charge in [0.1, 0.15) is 5.52 Å². The summed E-state index contributed by atoms with van der Waals surface area (Å²) in [6.07, 6.45) is 10.9. The number of aromatic nitrogens is 3. The summed E-state index contributed by atoms with van der Waals surface area (Å²) >= 11 is 6.48. The Balaban J connectivity index is 1.78. The van der Waals surface area contributed by atoms with Crippen molar-refractivity contribution in [1.29, 1.82) is 0 Å². The highest BCUT2D eigenvalue weighted by Crippen LogP contribution is 2.27. The number of hydrogen-bond acceptors (Lipinski definition) is 3. The standard InChI is InChI=1S/C21H21ClN4O2/c1-2-3-8-25-13-19(26-14-23-12-18(26)21(25)28)15-6-7-16(17(22)11-15)20(27)24-9-4-5-10-24/h2-3,6-7,11-14H,4-5,8-10H2,1H3/b3-2+. The summed E-state index contributed by atoms with van der Waals surface area (Å²) in [5.74, 6) is -0.0279. The third-order valence-electron chi connectivity index (χ3n) is 5.08. The number of benzene rings is 1. The first-order valence-electron chi connectivity index (χ1n) is 9.36. The fourth-order valence-corrected chi connectivity index (χ4v) is 3.83. The predicted molar refractivity (Wildman–Crippen MR) is 110 cm³/mol. The number of rotatable bonds is 4. The first-order valence-corrected chi connectivity index (χ1v) is 9.74. The number of fused-ring (bicyclic) bond motifs is 1. The Morgan fingerprint density at radius 2 is 2.07 bits per heavy atom. The molecule has 28 heavy (non-hydrogen) atoms. The Morgan fingerprint density at radius 3 is 2.79 bits per heavy atom. The molecule has 0 bridgehead atoms. The second-order valence-corrected chi connectivity index (χ2v) is 7.29. The minimum absolute atomic E-state index is 0.0279. The molecule has 0 unspecified atom stereocenters. The number of halogens is 1. The normalized spacial score (nSPS) is 14.4. The molecule has 0 radical (unpaired) electrons. The molecule has 0 saturated carbocycles. The summed E-state index contributed by atoms with van der Waals surface area (Å²) in [6.45, 7) is 3.95. The first-order chi connectivity index (χ1) is 13.6. The number of carbonyl (C=O) groups excluding carboxylic acids is 1. The van der Waals surface area contributed by atoms with Crippen LogP contribution < -0.4 is 5.56 Å². The van der Waals surface area contributed by atoms with E-state index in [1.165, 1.54) is 0 Å². The van der Waals surface area contributed by atoms with E-state index in [2.05, 4.69) is 4.98 Å². The summed E-state index contributed by atoms with van der Waals surface area (Å²) < 4.78 is 3.39. The summed E-state index contributed by atoms with van der Waals surface area (Å²) in [4.78, 5) is 31.3. The summed E-state index contributed by atoms with van der Waals surface area (Å²) in [7, 11) is 0. The summed E-state index contributed by atoms with van der Waals surface area (Å²) in [6, 6.07) is 5.42. The van der Waals surface area contributed by atoms with E-state index in [0.29, 0.717) is 22.6 Å². The van der Waals surface area contributed by atoms with Gasteiger partial charge in [-0.3, -0.25) is 14.0 Å². The number of imidazole rings is 1. The number of nitrogens with zero attached hydrogens (tertiary/aromatic N) is 4. The molecule has 6 nitrogen and oxygen atoms in total. The SMILES string of the molecule is C/C=C/Cn1cc(-c2ccc(C(=O)N3CCCC3)c(Cl)c2)n2cncc2c1=O. The Morgan fingerprint density at radius 1 is 1.29 bits per heavy atom. The first kappa shape index (κ1) is 18.5. The molecule has 1 aliphatic heterocycles. The minimum atomic E-state index is -0.105. The Labute approximate surface area is 167 Å². The summed E-state index contributed by atoms with van der Waals surface area (Å²) in [5.41, 5.74) is 2.51. The van der Waals surface area contributed by atoms with Gasteiger partial charge in [-0.2, -0.15) is 0 Å². The van der Waals surface area contributed by atoms with E-state index in [1.54, 1.807) is 39.8 Å². The molecule has 7 heteroatoms. The molecule has 0 atom stereocenters. The topological polar surface area (TPSA) is 59.6 Å². The van der Waals surface area contributed by atoms with Crippen molar-refractivity contribution in [3.63, 3.8) is 0 Å². The molecule has 1 amide bonds. The second-order valence-electron chi connectivity index (χ2n) is 6.88. The second kappa shape index (κ2) is 7.64. The van der Waals surface area contributed by atoms with Crippen LogP contribution in [-0.4, -0.2) is 37.8 Å².